The molecule has 2 aromatic carbocycles. The van der Waals surface area contributed by atoms with Crippen LogP contribution in [0, 0.1) is 9.39 Å². The van der Waals surface area contributed by atoms with Crippen LogP contribution in [0.3, 0.4) is 0 Å². The van der Waals surface area contributed by atoms with E-state index in [-0.39, 0.29) is 23.3 Å². The van der Waals surface area contributed by atoms with E-state index in [9.17, 15) is 14.3 Å². The summed E-state index contributed by atoms with van der Waals surface area (Å²) >= 11 is 2.15. The SMILES string of the molecule is NCc1cc(I)ccc1Nc1c(C(=O)O)cc2[nH]cnc2c1F. The molecule has 0 amide bonds. The topological polar surface area (TPSA) is 104 Å². The average Bonchev–Trinajstić information content (AvgIpc) is 2.99. The molecule has 0 unspecified atom stereocenters. The van der Waals surface area contributed by atoms with Gasteiger partial charge in [0.05, 0.1) is 23.1 Å². The summed E-state index contributed by atoms with van der Waals surface area (Å²) in [4.78, 5) is 18.1. The molecular formula is C15H12FIN4O2. The molecule has 8 heteroatoms. The van der Waals surface area contributed by atoms with Crippen molar-refractivity contribution >= 4 is 51.0 Å². The summed E-state index contributed by atoms with van der Waals surface area (Å²) in [5.74, 6) is -1.95. The first-order valence-electron chi connectivity index (χ1n) is 6.65. The standard InChI is InChI=1S/C15H12FIN4O2/c16-12-13(21-10-2-1-8(17)3-7(10)5-18)9(15(22)23)4-11-14(12)20-6-19-11/h1-4,6,21H,5,18H2,(H,19,20)(H,22,23). The molecule has 0 saturated carbocycles. The lowest BCUT2D eigenvalue weighted by Gasteiger charge is -2.14. The number of H-pyrrole nitrogens is 1. The molecule has 1 heterocycles. The van der Waals surface area contributed by atoms with E-state index in [1.165, 1.54) is 12.4 Å². The predicted octanol–water partition coefficient (Wildman–Crippen LogP) is 3.21. The maximum atomic E-state index is 14.7. The summed E-state index contributed by atoms with van der Waals surface area (Å²) in [5, 5.41) is 12.2. The summed E-state index contributed by atoms with van der Waals surface area (Å²) in [6.45, 7) is 0.244. The quantitative estimate of drug-likeness (QED) is 0.480. The van der Waals surface area contributed by atoms with E-state index in [1.54, 1.807) is 6.07 Å². The van der Waals surface area contributed by atoms with Crippen LogP contribution in [0.4, 0.5) is 15.8 Å². The number of hydrogen-bond donors (Lipinski definition) is 4. The highest BCUT2D eigenvalue weighted by Crippen LogP contribution is 2.31. The van der Waals surface area contributed by atoms with Crippen LogP contribution in [0.1, 0.15) is 15.9 Å². The number of anilines is 2. The third-order valence-electron chi connectivity index (χ3n) is 3.43. The van der Waals surface area contributed by atoms with Gasteiger partial charge in [-0.3, -0.25) is 0 Å². The Hall–Kier alpha value is -2.20. The molecule has 0 radical (unpaired) electrons. The van der Waals surface area contributed by atoms with Gasteiger partial charge in [-0.2, -0.15) is 0 Å². The number of carbonyl (C=O) groups is 1. The van der Waals surface area contributed by atoms with Crippen molar-refractivity contribution in [1.82, 2.24) is 9.97 Å². The summed E-state index contributed by atoms with van der Waals surface area (Å²) in [5.41, 5.74) is 7.13. The van der Waals surface area contributed by atoms with Crippen LogP contribution in [-0.4, -0.2) is 21.0 Å². The fourth-order valence-electron chi connectivity index (χ4n) is 2.32. The van der Waals surface area contributed by atoms with E-state index in [1.807, 2.05) is 12.1 Å². The molecule has 3 aromatic rings. The number of aromatic amines is 1. The lowest BCUT2D eigenvalue weighted by molar-refractivity contribution is 0.0697. The van der Waals surface area contributed by atoms with Crippen LogP contribution in [0.2, 0.25) is 0 Å². The van der Waals surface area contributed by atoms with Crippen LogP contribution < -0.4 is 11.1 Å². The molecule has 118 valence electrons. The number of aromatic carboxylic acids is 1. The molecule has 6 nitrogen and oxygen atoms in total. The van der Waals surface area contributed by atoms with Crippen molar-refractivity contribution in [3.63, 3.8) is 0 Å². The van der Waals surface area contributed by atoms with Crippen molar-refractivity contribution in [1.29, 1.82) is 0 Å². The second kappa shape index (κ2) is 6.13. The molecule has 5 N–H and O–H groups in total. The largest absolute Gasteiger partial charge is 0.478 e. The molecule has 0 aliphatic heterocycles. The van der Waals surface area contributed by atoms with E-state index < -0.39 is 11.8 Å². The Balaban J connectivity index is 2.17. The number of aromatic nitrogens is 2. The minimum Gasteiger partial charge on any atom is -0.478 e. The lowest BCUT2D eigenvalue weighted by Crippen LogP contribution is -2.08. The van der Waals surface area contributed by atoms with Gasteiger partial charge in [-0.05, 0) is 52.4 Å². The van der Waals surface area contributed by atoms with Crippen LogP contribution in [0.5, 0.6) is 0 Å². The fourth-order valence-corrected chi connectivity index (χ4v) is 2.88. The Bertz CT molecular complexity index is 910. The van der Waals surface area contributed by atoms with Crippen molar-refractivity contribution in [2.24, 2.45) is 5.73 Å². The zero-order valence-corrected chi connectivity index (χ0v) is 13.9. The zero-order chi connectivity index (χ0) is 16.6. The highest BCUT2D eigenvalue weighted by Gasteiger charge is 2.20. The number of carboxylic acid groups (broad SMARTS) is 1. The minimum absolute atomic E-state index is 0.0808. The van der Waals surface area contributed by atoms with Crippen LogP contribution in [0.15, 0.2) is 30.6 Å². The highest BCUT2D eigenvalue weighted by molar-refractivity contribution is 14.1. The van der Waals surface area contributed by atoms with Gasteiger partial charge < -0.3 is 21.1 Å². The first-order chi connectivity index (χ1) is 11.0. The van der Waals surface area contributed by atoms with Gasteiger partial charge in [-0.25, -0.2) is 14.2 Å². The number of nitrogens with two attached hydrogens (primary N) is 1. The van der Waals surface area contributed by atoms with Gasteiger partial charge in [0.2, 0.25) is 0 Å². The Morgan fingerprint density at radius 3 is 2.91 bits per heavy atom. The van der Waals surface area contributed by atoms with Gasteiger partial charge in [-0.1, -0.05) is 0 Å². The van der Waals surface area contributed by atoms with E-state index in [0.717, 1.165) is 9.13 Å². The average molecular weight is 426 g/mol. The van der Waals surface area contributed by atoms with Gasteiger partial charge in [0, 0.05) is 15.8 Å². The normalized spacial score (nSPS) is 10.9. The second-order valence-electron chi connectivity index (χ2n) is 4.85. The van der Waals surface area contributed by atoms with E-state index in [0.29, 0.717) is 11.2 Å². The van der Waals surface area contributed by atoms with Crippen molar-refractivity contribution in [2.45, 2.75) is 6.54 Å². The van der Waals surface area contributed by atoms with E-state index in [2.05, 4.69) is 37.9 Å². The third-order valence-corrected chi connectivity index (χ3v) is 4.10. The Morgan fingerprint density at radius 2 is 2.22 bits per heavy atom. The number of benzene rings is 2. The Kier molecular flexibility index (Phi) is 4.18. The van der Waals surface area contributed by atoms with Crippen molar-refractivity contribution in [2.75, 3.05) is 5.32 Å². The predicted molar refractivity (Wildman–Crippen MR) is 93.3 cm³/mol. The van der Waals surface area contributed by atoms with Gasteiger partial charge in [0.15, 0.2) is 5.82 Å². The highest BCUT2D eigenvalue weighted by atomic mass is 127. The Labute approximate surface area is 144 Å². The van der Waals surface area contributed by atoms with E-state index >= 15 is 0 Å². The lowest BCUT2D eigenvalue weighted by atomic mass is 10.1. The first-order valence-corrected chi connectivity index (χ1v) is 7.73. The smallest absolute Gasteiger partial charge is 0.338 e. The molecule has 0 bridgehead atoms. The van der Waals surface area contributed by atoms with E-state index in [4.69, 9.17) is 5.73 Å². The van der Waals surface area contributed by atoms with Crippen molar-refractivity contribution < 1.29 is 14.3 Å². The van der Waals surface area contributed by atoms with Gasteiger partial charge in [-0.15, -0.1) is 0 Å². The monoisotopic (exact) mass is 426 g/mol. The first kappa shape index (κ1) is 15.7. The molecule has 0 spiro atoms. The summed E-state index contributed by atoms with van der Waals surface area (Å²) in [6, 6.07) is 6.77. The molecule has 0 fully saturated rings. The van der Waals surface area contributed by atoms with Crippen LogP contribution >= 0.6 is 22.6 Å². The van der Waals surface area contributed by atoms with Gasteiger partial charge in [0.1, 0.15) is 5.52 Å². The number of halogens is 2. The number of nitrogens with zero attached hydrogens (tertiary/aromatic N) is 1. The fraction of sp³-hybridized carbons (Fsp3) is 0.0667. The summed E-state index contributed by atoms with van der Waals surface area (Å²) in [6.07, 6.45) is 1.32. The maximum Gasteiger partial charge on any atom is 0.338 e. The molecule has 0 aliphatic carbocycles. The molecule has 23 heavy (non-hydrogen) atoms. The number of carboxylic acids is 1. The molecule has 0 saturated heterocycles. The third kappa shape index (κ3) is 2.86. The number of rotatable bonds is 4. The molecule has 1 aromatic heterocycles. The maximum absolute atomic E-state index is 14.7. The number of fused-ring (bicyclic) bond motifs is 1. The van der Waals surface area contributed by atoms with Gasteiger partial charge in [0.25, 0.3) is 0 Å². The molecule has 0 aliphatic rings. The van der Waals surface area contributed by atoms with Crippen molar-refractivity contribution in [3.8, 4) is 0 Å². The number of nitrogens with one attached hydrogen (secondary N) is 2. The van der Waals surface area contributed by atoms with Crippen LogP contribution in [0.25, 0.3) is 11.0 Å². The van der Waals surface area contributed by atoms with Crippen molar-refractivity contribution in [3.05, 3.63) is 51.1 Å². The number of hydrogen-bond acceptors (Lipinski definition) is 4. The molecule has 3 rings (SSSR count). The van der Waals surface area contributed by atoms with Gasteiger partial charge >= 0.3 is 5.97 Å². The molecule has 0 atom stereocenters. The second-order valence-corrected chi connectivity index (χ2v) is 6.09. The summed E-state index contributed by atoms with van der Waals surface area (Å²) < 4.78 is 15.7. The molecular weight excluding hydrogens is 414 g/mol. The Morgan fingerprint density at radius 1 is 1.43 bits per heavy atom. The number of imidazole rings is 1. The summed E-state index contributed by atoms with van der Waals surface area (Å²) in [7, 11) is 0. The van der Waals surface area contributed by atoms with Crippen LogP contribution in [-0.2, 0) is 6.54 Å². The zero-order valence-electron chi connectivity index (χ0n) is 11.7. The minimum atomic E-state index is -1.23.